The Kier molecular flexibility index (Phi) is 4.91. The van der Waals surface area contributed by atoms with Gasteiger partial charge in [0.05, 0.1) is 18.5 Å². The quantitative estimate of drug-likeness (QED) is 0.517. The molecule has 0 unspecified atom stereocenters. The summed E-state index contributed by atoms with van der Waals surface area (Å²) in [5.74, 6) is 1.19. The second-order valence-corrected chi connectivity index (χ2v) is 6.98. The molecule has 0 aliphatic carbocycles. The minimum Gasteiger partial charge on any atom is -0.495 e. The van der Waals surface area contributed by atoms with Gasteiger partial charge in [0.2, 0.25) is 5.78 Å². The molecule has 1 aromatic carbocycles. The van der Waals surface area contributed by atoms with E-state index >= 15 is 0 Å². The van der Waals surface area contributed by atoms with Gasteiger partial charge in [-0.1, -0.05) is 37.3 Å². The van der Waals surface area contributed by atoms with E-state index in [1.54, 1.807) is 18.6 Å². The van der Waals surface area contributed by atoms with Crippen molar-refractivity contribution in [2.45, 2.75) is 20.3 Å². The standard InChI is InChI=1S/C22H23N5O3/c1-5-6-7-10-14(2)16-13-26-18-19(25(3)22(29)24-20(18)28)23-21(26)27(16)15-11-8-9-12-17(15)30-4/h6-13H,5H2,1-4H3,(H,24,28,29)/b7-6-,14-10+. The number of para-hydroxylation sites is 2. The molecule has 3 aromatic heterocycles. The second-order valence-electron chi connectivity index (χ2n) is 6.98. The summed E-state index contributed by atoms with van der Waals surface area (Å²) >= 11 is 0. The van der Waals surface area contributed by atoms with Crippen LogP contribution in [0.2, 0.25) is 0 Å². The van der Waals surface area contributed by atoms with Gasteiger partial charge >= 0.3 is 5.69 Å². The van der Waals surface area contributed by atoms with E-state index < -0.39 is 11.2 Å². The van der Waals surface area contributed by atoms with E-state index in [4.69, 9.17) is 4.74 Å². The van der Waals surface area contributed by atoms with Crippen LogP contribution in [0.15, 0.2) is 58.3 Å². The first-order valence-corrected chi connectivity index (χ1v) is 9.68. The van der Waals surface area contributed by atoms with Crippen LogP contribution in [0.1, 0.15) is 26.0 Å². The first kappa shape index (κ1) is 19.5. The first-order valence-electron chi connectivity index (χ1n) is 9.68. The van der Waals surface area contributed by atoms with Crippen molar-refractivity contribution < 1.29 is 4.74 Å². The maximum atomic E-state index is 12.6. The van der Waals surface area contributed by atoms with E-state index in [9.17, 15) is 9.59 Å². The smallest absolute Gasteiger partial charge is 0.329 e. The number of H-pyrrole nitrogens is 1. The molecule has 0 bridgehead atoms. The molecule has 0 aliphatic heterocycles. The molecule has 3 heterocycles. The van der Waals surface area contributed by atoms with Crippen LogP contribution in [0, 0.1) is 0 Å². The Morgan fingerprint density at radius 2 is 2.03 bits per heavy atom. The molecule has 1 N–H and O–H groups in total. The van der Waals surface area contributed by atoms with Gasteiger partial charge in [-0.15, -0.1) is 0 Å². The minimum atomic E-state index is -0.502. The average molecular weight is 405 g/mol. The largest absolute Gasteiger partial charge is 0.495 e. The molecule has 0 fully saturated rings. The topological polar surface area (TPSA) is 86.3 Å². The third kappa shape index (κ3) is 2.97. The maximum absolute atomic E-state index is 12.6. The van der Waals surface area contributed by atoms with Crippen LogP contribution in [0.4, 0.5) is 0 Å². The van der Waals surface area contributed by atoms with Gasteiger partial charge in [0.25, 0.3) is 5.56 Å². The lowest BCUT2D eigenvalue weighted by atomic mass is 10.2. The molecule has 8 heteroatoms. The van der Waals surface area contributed by atoms with E-state index in [0.29, 0.717) is 22.7 Å². The molecule has 4 aromatic rings. The number of aromatic nitrogens is 5. The fourth-order valence-corrected chi connectivity index (χ4v) is 3.52. The Morgan fingerprint density at radius 3 is 2.77 bits per heavy atom. The summed E-state index contributed by atoms with van der Waals surface area (Å²) in [6.45, 7) is 4.08. The van der Waals surface area contributed by atoms with Crippen LogP contribution >= 0.6 is 0 Å². The molecule has 30 heavy (non-hydrogen) atoms. The van der Waals surface area contributed by atoms with Crippen molar-refractivity contribution in [1.82, 2.24) is 23.5 Å². The molecule has 154 valence electrons. The fourth-order valence-electron chi connectivity index (χ4n) is 3.52. The van der Waals surface area contributed by atoms with Crippen LogP contribution < -0.4 is 16.0 Å². The highest BCUT2D eigenvalue weighted by molar-refractivity contribution is 5.79. The van der Waals surface area contributed by atoms with Crippen molar-refractivity contribution in [3.8, 4) is 11.4 Å². The van der Waals surface area contributed by atoms with Crippen molar-refractivity contribution in [1.29, 1.82) is 0 Å². The number of methoxy groups -OCH3 is 1. The Balaban J connectivity index is 2.15. The second kappa shape index (κ2) is 7.55. The number of aryl methyl sites for hydroxylation is 1. The monoisotopic (exact) mass is 405 g/mol. The van der Waals surface area contributed by atoms with Crippen LogP contribution in [0.25, 0.3) is 28.2 Å². The molecule has 0 atom stereocenters. The zero-order valence-electron chi connectivity index (χ0n) is 17.3. The van der Waals surface area contributed by atoms with Crippen molar-refractivity contribution in [3.05, 3.63) is 75.2 Å². The molecule has 8 nitrogen and oxygen atoms in total. The number of aromatic amines is 1. The Bertz CT molecular complexity index is 1430. The number of hydrogen-bond acceptors (Lipinski definition) is 4. The number of allylic oxidation sites excluding steroid dienone is 4. The Hall–Kier alpha value is -3.81. The van der Waals surface area contributed by atoms with E-state index in [0.717, 1.165) is 23.4 Å². The van der Waals surface area contributed by atoms with Gasteiger partial charge in [-0.05, 0) is 31.1 Å². The van der Waals surface area contributed by atoms with E-state index in [1.807, 2.05) is 54.1 Å². The van der Waals surface area contributed by atoms with Gasteiger partial charge in [-0.3, -0.25) is 23.3 Å². The highest BCUT2D eigenvalue weighted by Crippen LogP contribution is 2.30. The predicted octanol–water partition coefficient (Wildman–Crippen LogP) is 3.04. The molecule has 0 radical (unpaired) electrons. The minimum absolute atomic E-state index is 0.318. The molecular weight excluding hydrogens is 382 g/mol. The van der Waals surface area contributed by atoms with E-state index in [-0.39, 0.29) is 0 Å². The molecule has 4 rings (SSSR count). The SMILES string of the molecule is CC/C=C\C=C(/C)c1cn2c3c(=O)[nH]c(=O)n(C)c3nc2n1-c1ccccc1OC. The summed E-state index contributed by atoms with van der Waals surface area (Å²) in [5, 5.41) is 0. The lowest BCUT2D eigenvalue weighted by Crippen LogP contribution is -2.28. The number of fused-ring (bicyclic) bond motifs is 3. The summed E-state index contributed by atoms with van der Waals surface area (Å²) < 4.78 is 10.6. The van der Waals surface area contributed by atoms with Gasteiger partial charge in [-0.25, -0.2) is 4.79 Å². The van der Waals surface area contributed by atoms with Gasteiger partial charge in [0, 0.05) is 13.2 Å². The number of ether oxygens (including phenoxy) is 1. The highest BCUT2D eigenvalue weighted by atomic mass is 16.5. The van der Waals surface area contributed by atoms with Gasteiger partial charge in [-0.2, -0.15) is 4.98 Å². The molecule has 0 amide bonds. The molecule has 0 saturated carbocycles. The Labute approximate surface area is 172 Å². The van der Waals surface area contributed by atoms with E-state index in [1.165, 1.54) is 4.57 Å². The maximum Gasteiger partial charge on any atom is 0.329 e. The third-order valence-electron chi connectivity index (χ3n) is 5.07. The van der Waals surface area contributed by atoms with Crippen LogP contribution in [-0.2, 0) is 7.05 Å². The lowest BCUT2D eigenvalue weighted by Gasteiger charge is -2.13. The van der Waals surface area contributed by atoms with Crippen molar-refractivity contribution >= 4 is 22.5 Å². The van der Waals surface area contributed by atoms with Gasteiger partial charge in [0.1, 0.15) is 5.75 Å². The molecular formula is C22H23N5O3. The third-order valence-corrected chi connectivity index (χ3v) is 5.07. The number of nitrogens with zero attached hydrogens (tertiary/aromatic N) is 4. The van der Waals surface area contributed by atoms with Crippen LogP contribution in [-0.4, -0.2) is 30.6 Å². The summed E-state index contributed by atoms with van der Waals surface area (Å²) in [4.78, 5) is 31.7. The average Bonchev–Trinajstić information content (AvgIpc) is 3.28. The van der Waals surface area contributed by atoms with E-state index in [2.05, 4.69) is 23.0 Å². The van der Waals surface area contributed by atoms with Gasteiger partial charge < -0.3 is 4.74 Å². The number of rotatable bonds is 5. The number of nitrogens with one attached hydrogen (secondary N) is 1. The summed E-state index contributed by atoms with van der Waals surface area (Å²) in [7, 11) is 3.20. The number of benzene rings is 1. The molecule has 0 saturated heterocycles. The molecule has 0 spiro atoms. The summed E-state index contributed by atoms with van der Waals surface area (Å²) in [6, 6.07) is 7.61. The first-order chi connectivity index (χ1) is 14.5. The molecule has 0 aliphatic rings. The van der Waals surface area contributed by atoms with Gasteiger partial charge in [0.15, 0.2) is 11.2 Å². The van der Waals surface area contributed by atoms with Crippen LogP contribution in [0.5, 0.6) is 5.75 Å². The predicted molar refractivity (Wildman–Crippen MR) is 118 cm³/mol. The lowest BCUT2D eigenvalue weighted by molar-refractivity contribution is 0.413. The van der Waals surface area contributed by atoms with Crippen molar-refractivity contribution in [2.75, 3.05) is 7.11 Å². The Morgan fingerprint density at radius 1 is 1.27 bits per heavy atom. The zero-order chi connectivity index (χ0) is 21.4. The normalized spacial score (nSPS) is 12.5. The summed E-state index contributed by atoms with van der Waals surface area (Å²) in [6.07, 6.45) is 8.90. The zero-order valence-corrected chi connectivity index (χ0v) is 17.3. The van der Waals surface area contributed by atoms with Crippen molar-refractivity contribution in [3.63, 3.8) is 0 Å². The van der Waals surface area contributed by atoms with Crippen LogP contribution in [0.3, 0.4) is 0 Å². The highest BCUT2D eigenvalue weighted by Gasteiger charge is 2.21. The number of imidazole rings is 2. The summed E-state index contributed by atoms with van der Waals surface area (Å²) in [5.41, 5.74) is 2.30. The number of hydrogen-bond donors (Lipinski definition) is 1. The van der Waals surface area contributed by atoms with Crippen molar-refractivity contribution in [2.24, 2.45) is 7.05 Å². The fraction of sp³-hybridized carbons (Fsp3) is 0.227.